The second-order valence-corrected chi connectivity index (χ2v) is 4.81. The highest BCUT2D eigenvalue weighted by molar-refractivity contribution is 6.30. The molecule has 0 aromatic heterocycles. The molecule has 1 heterocycles. The van der Waals surface area contributed by atoms with E-state index >= 15 is 0 Å². The van der Waals surface area contributed by atoms with E-state index in [1.807, 2.05) is 0 Å². The van der Waals surface area contributed by atoms with E-state index in [4.69, 9.17) is 11.6 Å². The molecule has 1 atom stereocenters. The Bertz CT molecular complexity index is 394. The van der Waals surface area contributed by atoms with Gasteiger partial charge in [-0.05, 0) is 37.6 Å². The fraction of sp³-hybridized carbons (Fsp3) is 0.500. The van der Waals surface area contributed by atoms with Crippen molar-refractivity contribution in [3.8, 4) is 0 Å². The predicted octanol–water partition coefficient (Wildman–Crippen LogP) is 3.57. The van der Waals surface area contributed by atoms with E-state index in [0.29, 0.717) is 23.6 Å². The minimum atomic E-state index is -2.74. The highest BCUT2D eigenvalue weighted by Gasteiger charge is 2.52. The van der Waals surface area contributed by atoms with Crippen LogP contribution in [0.5, 0.6) is 0 Å². The summed E-state index contributed by atoms with van der Waals surface area (Å²) in [6.07, 6.45) is 0.423. The van der Waals surface area contributed by atoms with Crippen molar-refractivity contribution in [2.75, 3.05) is 6.54 Å². The Balaban J connectivity index is 2.43. The maximum Gasteiger partial charge on any atom is 0.269 e. The van der Waals surface area contributed by atoms with E-state index < -0.39 is 11.5 Å². The molecule has 1 saturated heterocycles. The molecule has 88 valence electrons. The first-order chi connectivity index (χ1) is 7.46. The Hall–Kier alpha value is -0.670. The molecule has 1 unspecified atom stereocenters. The third-order valence-electron chi connectivity index (χ3n) is 3.28. The molecule has 0 saturated carbocycles. The van der Waals surface area contributed by atoms with Gasteiger partial charge in [-0.25, -0.2) is 8.78 Å². The van der Waals surface area contributed by atoms with Gasteiger partial charge in [0, 0.05) is 11.4 Å². The molecule has 1 aromatic rings. The van der Waals surface area contributed by atoms with Gasteiger partial charge in [-0.3, -0.25) is 0 Å². The third kappa shape index (κ3) is 1.82. The van der Waals surface area contributed by atoms with Crippen LogP contribution in [0, 0.1) is 0 Å². The average molecular weight is 246 g/mol. The summed E-state index contributed by atoms with van der Waals surface area (Å²) in [6.45, 7) is 2.15. The summed E-state index contributed by atoms with van der Waals surface area (Å²) in [5, 5.41) is 3.41. The summed E-state index contributed by atoms with van der Waals surface area (Å²) in [4.78, 5) is 0. The van der Waals surface area contributed by atoms with Crippen LogP contribution in [-0.4, -0.2) is 12.5 Å². The van der Waals surface area contributed by atoms with Crippen LogP contribution in [-0.2, 0) is 5.54 Å². The van der Waals surface area contributed by atoms with Gasteiger partial charge >= 0.3 is 0 Å². The van der Waals surface area contributed by atoms with Crippen molar-refractivity contribution in [2.45, 2.75) is 31.2 Å². The van der Waals surface area contributed by atoms with Crippen LogP contribution in [0.1, 0.15) is 25.3 Å². The van der Waals surface area contributed by atoms with Crippen LogP contribution in [0.4, 0.5) is 8.78 Å². The molecule has 16 heavy (non-hydrogen) atoms. The third-order valence-corrected chi connectivity index (χ3v) is 3.51. The second kappa shape index (κ2) is 3.97. The van der Waals surface area contributed by atoms with Crippen LogP contribution in [0.15, 0.2) is 24.3 Å². The van der Waals surface area contributed by atoms with Crippen molar-refractivity contribution in [2.24, 2.45) is 0 Å². The van der Waals surface area contributed by atoms with Gasteiger partial charge in [-0.2, -0.15) is 0 Å². The molecule has 1 aliphatic heterocycles. The van der Waals surface area contributed by atoms with E-state index in [2.05, 4.69) is 5.32 Å². The SMILES string of the molecule is CC1(c2cccc(Cl)c2)NCCCC1(F)F. The molecular weight excluding hydrogens is 232 g/mol. The Kier molecular flexibility index (Phi) is 2.93. The molecular formula is C12H14ClF2N. The van der Waals surface area contributed by atoms with E-state index in [1.165, 1.54) is 6.92 Å². The van der Waals surface area contributed by atoms with Crippen molar-refractivity contribution in [3.05, 3.63) is 34.9 Å². The topological polar surface area (TPSA) is 12.0 Å². The minimum absolute atomic E-state index is 0.0803. The summed E-state index contributed by atoms with van der Waals surface area (Å²) in [5.74, 6) is -2.74. The quantitative estimate of drug-likeness (QED) is 0.798. The molecule has 2 rings (SSSR count). The monoisotopic (exact) mass is 245 g/mol. The summed E-state index contributed by atoms with van der Waals surface area (Å²) >= 11 is 5.85. The van der Waals surface area contributed by atoms with Crippen molar-refractivity contribution in [3.63, 3.8) is 0 Å². The van der Waals surface area contributed by atoms with Gasteiger partial charge < -0.3 is 5.32 Å². The van der Waals surface area contributed by atoms with Gasteiger partial charge in [0.25, 0.3) is 5.92 Å². The van der Waals surface area contributed by atoms with E-state index in [-0.39, 0.29) is 6.42 Å². The highest BCUT2D eigenvalue weighted by atomic mass is 35.5. The van der Waals surface area contributed by atoms with Crippen LogP contribution in [0.25, 0.3) is 0 Å². The molecule has 1 nitrogen and oxygen atoms in total. The number of hydrogen-bond donors (Lipinski definition) is 1. The van der Waals surface area contributed by atoms with E-state index in [9.17, 15) is 8.78 Å². The van der Waals surface area contributed by atoms with Gasteiger partial charge in [-0.15, -0.1) is 0 Å². The molecule has 0 amide bonds. The molecule has 1 N–H and O–H groups in total. The first-order valence-corrected chi connectivity index (χ1v) is 5.72. The van der Waals surface area contributed by atoms with Crippen LogP contribution < -0.4 is 5.32 Å². The molecule has 1 aliphatic rings. The lowest BCUT2D eigenvalue weighted by Crippen LogP contribution is -2.57. The van der Waals surface area contributed by atoms with Crippen LogP contribution in [0.3, 0.4) is 0 Å². The Morgan fingerprint density at radius 1 is 1.38 bits per heavy atom. The van der Waals surface area contributed by atoms with Crippen molar-refractivity contribution >= 4 is 11.6 Å². The number of halogens is 3. The molecule has 0 radical (unpaired) electrons. The zero-order valence-corrected chi connectivity index (χ0v) is 9.82. The van der Waals surface area contributed by atoms with Gasteiger partial charge in [-0.1, -0.05) is 23.7 Å². The number of rotatable bonds is 1. The maximum atomic E-state index is 14.0. The Morgan fingerprint density at radius 3 is 2.75 bits per heavy atom. The zero-order chi connectivity index (χ0) is 11.8. The van der Waals surface area contributed by atoms with Gasteiger partial charge in [0.1, 0.15) is 5.54 Å². The molecule has 1 aromatic carbocycles. The fourth-order valence-electron chi connectivity index (χ4n) is 2.14. The average Bonchev–Trinajstić information content (AvgIpc) is 2.22. The van der Waals surface area contributed by atoms with Crippen molar-refractivity contribution in [1.82, 2.24) is 5.32 Å². The molecule has 0 bridgehead atoms. The molecule has 0 spiro atoms. The number of hydrogen-bond acceptors (Lipinski definition) is 1. The summed E-state index contributed by atoms with van der Waals surface area (Å²) in [6, 6.07) is 6.69. The molecule has 0 aliphatic carbocycles. The Labute approximate surface area is 98.8 Å². The maximum absolute atomic E-state index is 14.0. The number of alkyl halides is 2. The minimum Gasteiger partial charge on any atom is -0.303 e. The van der Waals surface area contributed by atoms with Gasteiger partial charge in [0.05, 0.1) is 0 Å². The number of nitrogens with one attached hydrogen (secondary N) is 1. The smallest absolute Gasteiger partial charge is 0.269 e. The lowest BCUT2D eigenvalue weighted by Gasteiger charge is -2.42. The molecule has 1 fully saturated rings. The first kappa shape index (κ1) is 11.8. The van der Waals surface area contributed by atoms with Crippen LogP contribution in [0.2, 0.25) is 5.02 Å². The van der Waals surface area contributed by atoms with Gasteiger partial charge in [0.2, 0.25) is 0 Å². The highest BCUT2D eigenvalue weighted by Crippen LogP contribution is 2.43. The summed E-state index contributed by atoms with van der Waals surface area (Å²) in [7, 11) is 0. The predicted molar refractivity (Wildman–Crippen MR) is 61.0 cm³/mol. The Morgan fingerprint density at radius 2 is 2.12 bits per heavy atom. The number of benzene rings is 1. The normalized spacial score (nSPS) is 29.0. The summed E-state index contributed by atoms with van der Waals surface area (Å²) in [5.41, 5.74) is -0.763. The fourth-order valence-corrected chi connectivity index (χ4v) is 2.33. The lowest BCUT2D eigenvalue weighted by molar-refractivity contribution is -0.110. The number of piperidine rings is 1. The molecule has 4 heteroatoms. The standard InChI is InChI=1S/C12H14ClF2N/c1-11(9-4-2-5-10(13)8-9)12(14,15)6-3-7-16-11/h2,4-5,8,16H,3,6-7H2,1H3. The van der Waals surface area contributed by atoms with Crippen molar-refractivity contribution < 1.29 is 8.78 Å². The largest absolute Gasteiger partial charge is 0.303 e. The van der Waals surface area contributed by atoms with Gasteiger partial charge in [0.15, 0.2) is 0 Å². The zero-order valence-electron chi connectivity index (χ0n) is 9.06. The van der Waals surface area contributed by atoms with E-state index in [0.717, 1.165) is 0 Å². The van der Waals surface area contributed by atoms with Crippen LogP contribution >= 0.6 is 11.6 Å². The first-order valence-electron chi connectivity index (χ1n) is 5.35. The van der Waals surface area contributed by atoms with Crippen molar-refractivity contribution in [1.29, 1.82) is 0 Å². The lowest BCUT2D eigenvalue weighted by atomic mass is 9.80. The van der Waals surface area contributed by atoms with E-state index in [1.54, 1.807) is 24.3 Å². The summed E-state index contributed by atoms with van der Waals surface area (Å²) < 4.78 is 27.9. The second-order valence-electron chi connectivity index (χ2n) is 4.37.